The molecule has 3 aromatic rings. The summed E-state index contributed by atoms with van der Waals surface area (Å²) in [6.45, 7) is 2.90. The molecule has 1 aliphatic rings. The first-order chi connectivity index (χ1) is 15.7. The number of benzene rings is 2. The van der Waals surface area contributed by atoms with Crippen LogP contribution in [0, 0.1) is 0 Å². The van der Waals surface area contributed by atoms with Crippen LogP contribution in [0.1, 0.15) is 30.0 Å². The van der Waals surface area contributed by atoms with Crippen molar-refractivity contribution >= 4 is 17.8 Å². The van der Waals surface area contributed by atoms with E-state index in [0.29, 0.717) is 12.5 Å². The minimum Gasteiger partial charge on any atom is -0.496 e. The van der Waals surface area contributed by atoms with Crippen molar-refractivity contribution in [1.29, 1.82) is 0 Å². The van der Waals surface area contributed by atoms with Gasteiger partial charge in [0.2, 0.25) is 5.91 Å². The monoisotopic (exact) mass is 430 g/mol. The Balaban J connectivity index is 1.28. The lowest BCUT2D eigenvalue weighted by molar-refractivity contribution is -0.115. The molecule has 166 valence electrons. The SMILES string of the molecule is COc1ccccc1/C=C/CN1CCC(n2nccc2NC(=O)Cc2ccccc2)CC1. The zero-order valence-electron chi connectivity index (χ0n) is 18.5. The molecule has 1 N–H and O–H groups in total. The molecule has 1 amide bonds. The summed E-state index contributed by atoms with van der Waals surface area (Å²) in [6, 6.07) is 20.0. The van der Waals surface area contributed by atoms with Crippen LogP contribution in [0.5, 0.6) is 5.75 Å². The van der Waals surface area contributed by atoms with E-state index in [1.165, 1.54) is 0 Å². The fourth-order valence-electron chi connectivity index (χ4n) is 4.15. The second-order valence-corrected chi connectivity index (χ2v) is 8.05. The van der Waals surface area contributed by atoms with Gasteiger partial charge in [-0.1, -0.05) is 60.7 Å². The Kier molecular flexibility index (Phi) is 7.35. The van der Waals surface area contributed by atoms with E-state index in [1.807, 2.05) is 59.3 Å². The van der Waals surface area contributed by atoms with Crippen LogP contribution in [-0.4, -0.2) is 47.3 Å². The summed E-state index contributed by atoms with van der Waals surface area (Å²) in [6.07, 6.45) is 8.46. The van der Waals surface area contributed by atoms with Crippen molar-refractivity contribution in [3.63, 3.8) is 0 Å². The van der Waals surface area contributed by atoms with E-state index in [9.17, 15) is 4.79 Å². The zero-order valence-corrected chi connectivity index (χ0v) is 18.5. The molecule has 0 saturated carbocycles. The number of nitrogens with zero attached hydrogens (tertiary/aromatic N) is 3. The van der Waals surface area contributed by atoms with E-state index in [-0.39, 0.29) is 5.91 Å². The van der Waals surface area contributed by atoms with Crippen LogP contribution in [0.2, 0.25) is 0 Å². The Morgan fingerprint density at radius 2 is 1.84 bits per heavy atom. The van der Waals surface area contributed by atoms with Crippen molar-refractivity contribution in [2.75, 3.05) is 32.1 Å². The van der Waals surface area contributed by atoms with E-state index in [1.54, 1.807) is 13.3 Å². The predicted octanol–water partition coefficient (Wildman–Crippen LogP) is 4.42. The number of methoxy groups -OCH3 is 1. The van der Waals surface area contributed by atoms with E-state index < -0.39 is 0 Å². The molecular formula is C26H30N4O2. The van der Waals surface area contributed by atoms with Crippen LogP contribution in [0.25, 0.3) is 6.08 Å². The van der Waals surface area contributed by atoms with Gasteiger partial charge in [0.05, 0.1) is 25.8 Å². The smallest absolute Gasteiger partial charge is 0.229 e. The Labute approximate surface area is 189 Å². The van der Waals surface area contributed by atoms with Crippen molar-refractivity contribution < 1.29 is 9.53 Å². The van der Waals surface area contributed by atoms with Crippen LogP contribution in [0.4, 0.5) is 5.82 Å². The number of carbonyl (C=O) groups excluding carboxylic acids is 1. The van der Waals surface area contributed by atoms with Crippen LogP contribution in [0.15, 0.2) is 72.9 Å². The van der Waals surface area contributed by atoms with Crippen LogP contribution < -0.4 is 10.1 Å². The first-order valence-electron chi connectivity index (χ1n) is 11.1. The number of anilines is 1. The van der Waals surface area contributed by atoms with Gasteiger partial charge in [-0.15, -0.1) is 0 Å². The molecule has 0 atom stereocenters. The third kappa shape index (κ3) is 5.65. The lowest BCUT2D eigenvalue weighted by Crippen LogP contribution is -2.35. The van der Waals surface area contributed by atoms with Crippen LogP contribution >= 0.6 is 0 Å². The average Bonchev–Trinajstić information content (AvgIpc) is 3.28. The lowest BCUT2D eigenvalue weighted by atomic mass is 10.1. The molecule has 1 aromatic heterocycles. The van der Waals surface area contributed by atoms with Gasteiger partial charge in [-0.3, -0.25) is 9.69 Å². The summed E-state index contributed by atoms with van der Waals surface area (Å²) in [4.78, 5) is 14.9. The van der Waals surface area contributed by atoms with Gasteiger partial charge < -0.3 is 10.1 Å². The number of para-hydroxylation sites is 1. The summed E-state index contributed by atoms with van der Waals surface area (Å²) in [5.74, 6) is 1.65. The standard InChI is InChI=1S/C26H30N4O2/c1-32-24-12-6-5-10-22(24)11-7-17-29-18-14-23(15-19-29)30-25(13-16-27-30)28-26(31)20-21-8-3-2-4-9-21/h2-13,16,23H,14-15,17-20H2,1H3,(H,28,31)/b11-7+. The van der Waals surface area contributed by atoms with E-state index in [0.717, 1.165) is 55.2 Å². The first kappa shape index (κ1) is 21.8. The highest BCUT2D eigenvalue weighted by Gasteiger charge is 2.22. The topological polar surface area (TPSA) is 59.4 Å². The van der Waals surface area contributed by atoms with Gasteiger partial charge in [0.1, 0.15) is 11.6 Å². The van der Waals surface area contributed by atoms with Gasteiger partial charge in [-0.05, 0) is 24.5 Å². The fraction of sp³-hybridized carbons (Fsp3) is 0.308. The molecule has 0 aliphatic carbocycles. The minimum absolute atomic E-state index is 0.0168. The van der Waals surface area contributed by atoms with E-state index in [4.69, 9.17) is 4.74 Å². The Morgan fingerprint density at radius 1 is 1.09 bits per heavy atom. The molecule has 1 fully saturated rings. The molecule has 4 rings (SSSR count). The largest absolute Gasteiger partial charge is 0.496 e. The summed E-state index contributed by atoms with van der Waals surface area (Å²) in [5, 5.41) is 7.54. The number of ether oxygens (including phenoxy) is 1. The number of aromatic nitrogens is 2. The van der Waals surface area contributed by atoms with Gasteiger partial charge in [0.25, 0.3) is 0 Å². The number of hydrogen-bond acceptors (Lipinski definition) is 4. The summed E-state index contributed by atoms with van der Waals surface area (Å²) < 4.78 is 7.39. The second-order valence-electron chi connectivity index (χ2n) is 8.05. The highest BCUT2D eigenvalue weighted by Crippen LogP contribution is 2.26. The number of rotatable bonds is 8. The molecule has 6 heteroatoms. The summed E-state index contributed by atoms with van der Waals surface area (Å²) in [5.41, 5.74) is 2.10. The van der Waals surface area contributed by atoms with Gasteiger partial charge >= 0.3 is 0 Å². The van der Waals surface area contributed by atoms with Crippen molar-refractivity contribution in [2.24, 2.45) is 0 Å². The maximum atomic E-state index is 12.5. The van der Waals surface area contributed by atoms with Gasteiger partial charge in [0.15, 0.2) is 0 Å². The van der Waals surface area contributed by atoms with E-state index in [2.05, 4.69) is 33.5 Å². The molecule has 0 spiro atoms. The van der Waals surface area contributed by atoms with Crippen LogP contribution in [-0.2, 0) is 11.2 Å². The molecule has 2 heterocycles. The quantitative estimate of drug-likeness (QED) is 0.575. The zero-order chi connectivity index (χ0) is 22.2. The number of piperidine rings is 1. The Morgan fingerprint density at radius 3 is 2.62 bits per heavy atom. The van der Waals surface area contributed by atoms with Crippen molar-refractivity contribution in [2.45, 2.75) is 25.3 Å². The predicted molar refractivity (Wildman–Crippen MR) is 128 cm³/mol. The minimum atomic E-state index is -0.0168. The highest BCUT2D eigenvalue weighted by molar-refractivity contribution is 5.91. The molecule has 0 bridgehead atoms. The summed E-state index contributed by atoms with van der Waals surface area (Å²) >= 11 is 0. The van der Waals surface area contributed by atoms with Crippen molar-refractivity contribution in [3.05, 3.63) is 84.1 Å². The van der Waals surface area contributed by atoms with Crippen molar-refractivity contribution in [1.82, 2.24) is 14.7 Å². The normalized spacial score (nSPS) is 15.2. The molecule has 1 aliphatic heterocycles. The maximum Gasteiger partial charge on any atom is 0.229 e. The number of hydrogen-bond donors (Lipinski definition) is 1. The molecule has 0 radical (unpaired) electrons. The number of likely N-dealkylation sites (tertiary alicyclic amines) is 1. The van der Waals surface area contributed by atoms with Gasteiger partial charge in [0, 0.05) is 31.3 Å². The molecule has 2 aromatic carbocycles. The molecule has 1 saturated heterocycles. The molecule has 32 heavy (non-hydrogen) atoms. The lowest BCUT2D eigenvalue weighted by Gasteiger charge is -2.32. The number of carbonyl (C=O) groups is 1. The van der Waals surface area contributed by atoms with Crippen molar-refractivity contribution in [3.8, 4) is 5.75 Å². The van der Waals surface area contributed by atoms with Crippen LogP contribution in [0.3, 0.4) is 0 Å². The first-order valence-corrected chi connectivity index (χ1v) is 11.1. The molecular weight excluding hydrogens is 400 g/mol. The molecule has 6 nitrogen and oxygen atoms in total. The van der Waals surface area contributed by atoms with E-state index >= 15 is 0 Å². The average molecular weight is 431 g/mol. The number of nitrogens with one attached hydrogen (secondary N) is 1. The summed E-state index contributed by atoms with van der Waals surface area (Å²) in [7, 11) is 1.70. The maximum absolute atomic E-state index is 12.5. The van der Waals surface area contributed by atoms with Gasteiger partial charge in [-0.25, -0.2) is 4.68 Å². The third-order valence-corrected chi connectivity index (χ3v) is 5.85. The molecule has 0 unspecified atom stereocenters. The fourth-order valence-corrected chi connectivity index (χ4v) is 4.15. The van der Waals surface area contributed by atoms with Gasteiger partial charge in [-0.2, -0.15) is 5.10 Å². The second kappa shape index (κ2) is 10.8. The Hall–Kier alpha value is -3.38. The highest BCUT2D eigenvalue weighted by atomic mass is 16.5. The third-order valence-electron chi connectivity index (χ3n) is 5.85. The Bertz CT molecular complexity index is 1040. The number of amides is 1.